The number of carbonyl (C=O) groups excluding carboxylic acids is 1. The van der Waals surface area contributed by atoms with Crippen molar-refractivity contribution in [3.63, 3.8) is 0 Å². The van der Waals surface area contributed by atoms with Gasteiger partial charge in [0, 0.05) is 18.0 Å². The molecule has 0 fully saturated rings. The second-order valence-corrected chi connectivity index (χ2v) is 5.65. The van der Waals surface area contributed by atoms with Gasteiger partial charge in [0.25, 0.3) is 0 Å². The van der Waals surface area contributed by atoms with Crippen molar-refractivity contribution in [2.24, 2.45) is 0 Å². The van der Waals surface area contributed by atoms with E-state index in [-0.39, 0.29) is 18.5 Å². The van der Waals surface area contributed by atoms with Crippen LogP contribution in [-0.2, 0) is 16.1 Å². The number of aromatic nitrogens is 2. The lowest BCUT2D eigenvalue weighted by Gasteiger charge is -2.41. The summed E-state index contributed by atoms with van der Waals surface area (Å²) in [7, 11) is 0. The van der Waals surface area contributed by atoms with Crippen LogP contribution in [0.4, 0.5) is 0 Å². The van der Waals surface area contributed by atoms with Gasteiger partial charge in [0.15, 0.2) is 5.54 Å². The van der Waals surface area contributed by atoms with Crippen LogP contribution >= 0.6 is 0 Å². The molecule has 0 saturated carbocycles. The third-order valence-corrected chi connectivity index (χ3v) is 4.17. The lowest BCUT2D eigenvalue weighted by molar-refractivity contribution is -0.143. The zero-order valence-corrected chi connectivity index (χ0v) is 14.1. The van der Waals surface area contributed by atoms with Crippen LogP contribution in [0.5, 0.6) is 0 Å². The number of hydrogen-bond donors (Lipinski definition) is 1. The number of furan rings is 1. The molecular weight excluding hydrogens is 322 g/mol. The van der Waals surface area contributed by atoms with Gasteiger partial charge in [-0.15, -0.1) is 6.58 Å². The van der Waals surface area contributed by atoms with Crippen molar-refractivity contribution in [2.75, 3.05) is 5.01 Å². The number of rotatable bonds is 10. The highest BCUT2D eigenvalue weighted by molar-refractivity contribution is 5.88. The third-order valence-electron chi connectivity index (χ3n) is 4.17. The second kappa shape index (κ2) is 8.17. The minimum atomic E-state index is -1.57. The summed E-state index contributed by atoms with van der Waals surface area (Å²) < 4.78 is 6.94. The highest BCUT2D eigenvalue weighted by Crippen LogP contribution is 2.30. The molecule has 1 N–H and O–H groups in total. The Kier molecular flexibility index (Phi) is 5.98. The number of carboxylic acid groups (broad SMARTS) is 1. The number of allylic oxidation sites excluding steroid dienone is 1. The number of aliphatic carboxylic acids is 1. The first-order chi connectivity index (χ1) is 12.1. The van der Waals surface area contributed by atoms with Crippen LogP contribution in [0, 0.1) is 0 Å². The minimum absolute atomic E-state index is 0.0873. The van der Waals surface area contributed by atoms with Gasteiger partial charge in [0.2, 0.25) is 0 Å². The summed E-state index contributed by atoms with van der Waals surface area (Å²) in [5, 5.41) is 11.7. The monoisotopic (exact) mass is 343 g/mol. The molecule has 1 unspecified atom stereocenters. The zero-order chi connectivity index (χ0) is 18.3. The Labute approximate surface area is 145 Å². The van der Waals surface area contributed by atoms with Crippen molar-refractivity contribution in [2.45, 2.75) is 38.3 Å². The Morgan fingerprint density at radius 1 is 1.60 bits per heavy atom. The van der Waals surface area contributed by atoms with Crippen molar-refractivity contribution in [3.8, 4) is 0 Å². The summed E-state index contributed by atoms with van der Waals surface area (Å²) in [6, 6.07) is 3.48. The molecule has 0 radical (unpaired) electrons. The molecule has 0 aromatic carbocycles. The number of carbonyl (C=O) groups is 1. The molecular formula is C18H21N3O4. The molecule has 2 aromatic rings. The summed E-state index contributed by atoms with van der Waals surface area (Å²) in [5.41, 5.74) is -1.48. The molecule has 25 heavy (non-hydrogen) atoms. The van der Waals surface area contributed by atoms with E-state index >= 15 is 0 Å². The predicted octanol–water partition coefficient (Wildman–Crippen LogP) is 2.57. The van der Waals surface area contributed by atoms with E-state index < -0.39 is 11.5 Å². The Hall–Kier alpha value is -3.05. The molecule has 0 aliphatic carbocycles. The molecule has 2 rings (SSSR count). The molecule has 0 aliphatic heterocycles. The van der Waals surface area contributed by atoms with E-state index in [1.54, 1.807) is 46.2 Å². The molecule has 2 aromatic heterocycles. The van der Waals surface area contributed by atoms with E-state index in [2.05, 4.69) is 11.6 Å². The summed E-state index contributed by atoms with van der Waals surface area (Å²) in [6.45, 7) is 5.31. The Morgan fingerprint density at radius 3 is 2.92 bits per heavy atom. The predicted molar refractivity (Wildman–Crippen MR) is 92.2 cm³/mol. The normalized spacial score (nSPS) is 12.8. The van der Waals surface area contributed by atoms with Crippen LogP contribution in [0.1, 0.15) is 31.9 Å². The first kappa shape index (κ1) is 18.3. The zero-order valence-electron chi connectivity index (χ0n) is 14.1. The Bertz CT molecular complexity index is 745. The molecule has 0 spiro atoms. The first-order valence-corrected chi connectivity index (χ1v) is 7.91. The molecule has 132 valence electrons. The van der Waals surface area contributed by atoms with E-state index in [1.165, 1.54) is 19.5 Å². The van der Waals surface area contributed by atoms with Gasteiger partial charge < -0.3 is 9.52 Å². The van der Waals surface area contributed by atoms with Crippen LogP contribution < -0.4 is 5.01 Å². The maximum Gasteiger partial charge on any atom is 0.336 e. The fourth-order valence-electron chi connectivity index (χ4n) is 2.83. The van der Waals surface area contributed by atoms with Gasteiger partial charge in [0.1, 0.15) is 18.0 Å². The largest absolute Gasteiger partial charge is 0.479 e. The molecule has 0 aliphatic rings. The van der Waals surface area contributed by atoms with Crippen LogP contribution in [0.2, 0.25) is 0 Å². The van der Waals surface area contributed by atoms with Gasteiger partial charge >= 0.3 is 5.97 Å². The van der Waals surface area contributed by atoms with E-state index in [4.69, 9.17) is 4.42 Å². The Balaban J connectivity index is 2.56. The molecule has 7 nitrogen and oxygen atoms in total. The Morgan fingerprint density at radius 2 is 2.40 bits per heavy atom. The molecule has 1 atom stereocenters. The van der Waals surface area contributed by atoms with Crippen LogP contribution in [-0.4, -0.2) is 32.2 Å². The van der Waals surface area contributed by atoms with E-state index in [0.29, 0.717) is 18.6 Å². The average molecular weight is 343 g/mol. The quantitative estimate of drug-likeness (QED) is 0.405. The fraction of sp³-hybridized carbons (Fsp3) is 0.333. The minimum Gasteiger partial charge on any atom is -0.479 e. The SMILES string of the molecule is C=CCCCC(C(=O)O)(C(C)=C=O)N(Cc1ccco1)n1ccnc1. The van der Waals surface area contributed by atoms with E-state index in [0.717, 1.165) is 0 Å². The van der Waals surface area contributed by atoms with Crippen LogP contribution in [0.15, 0.2) is 59.8 Å². The van der Waals surface area contributed by atoms with Crippen molar-refractivity contribution < 1.29 is 19.1 Å². The maximum absolute atomic E-state index is 12.3. The number of carboxylic acids is 1. The first-order valence-electron chi connectivity index (χ1n) is 7.91. The fourth-order valence-corrected chi connectivity index (χ4v) is 2.83. The number of unbranched alkanes of at least 4 members (excludes halogenated alkanes) is 1. The van der Waals surface area contributed by atoms with E-state index in [1.807, 2.05) is 0 Å². The van der Waals surface area contributed by atoms with E-state index in [9.17, 15) is 14.7 Å². The highest BCUT2D eigenvalue weighted by Gasteiger charge is 2.47. The summed E-state index contributed by atoms with van der Waals surface area (Å²) >= 11 is 0. The lowest BCUT2D eigenvalue weighted by Crippen LogP contribution is -2.60. The van der Waals surface area contributed by atoms with Gasteiger partial charge in [-0.25, -0.2) is 14.6 Å². The molecule has 7 heteroatoms. The van der Waals surface area contributed by atoms with Crippen LogP contribution in [0.3, 0.4) is 0 Å². The lowest BCUT2D eigenvalue weighted by atomic mass is 9.85. The van der Waals surface area contributed by atoms with Crippen molar-refractivity contribution in [1.82, 2.24) is 9.66 Å². The van der Waals surface area contributed by atoms with Gasteiger partial charge in [0.05, 0.1) is 12.8 Å². The van der Waals surface area contributed by atoms with Gasteiger partial charge in [-0.2, -0.15) is 0 Å². The van der Waals surface area contributed by atoms with Crippen molar-refractivity contribution >= 4 is 11.9 Å². The summed E-state index contributed by atoms with van der Waals surface area (Å²) in [4.78, 5) is 27.8. The van der Waals surface area contributed by atoms with Crippen molar-refractivity contribution in [3.05, 3.63) is 61.1 Å². The molecule has 0 bridgehead atoms. The maximum atomic E-state index is 12.3. The average Bonchev–Trinajstić information content (AvgIpc) is 3.29. The number of nitrogens with zero attached hydrogens (tertiary/aromatic N) is 3. The second-order valence-electron chi connectivity index (χ2n) is 5.65. The topological polar surface area (TPSA) is 88.6 Å². The molecule has 2 heterocycles. The third kappa shape index (κ3) is 3.72. The van der Waals surface area contributed by atoms with Crippen LogP contribution in [0.25, 0.3) is 0 Å². The van der Waals surface area contributed by atoms with Gasteiger partial charge in [-0.1, -0.05) is 6.08 Å². The van der Waals surface area contributed by atoms with Gasteiger partial charge in [-0.05, 0) is 38.3 Å². The number of imidazole rings is 1. The number of hydrogen-bond acceptors (Lipinski definition) is 5. The van der Waals surface area contributed by atoms with Gasteiger partial charge in [-0.3, -0.25) is 9.69 Å². The highest BCUT2D eigenvalue weighted by atomic mass is 16.4. The molecule has 0 saturated heterocycles. The van der Waals surface area contributed by atoms with Crippen molar-refractivity contribution in [1.29, 1.82) is 0 Å². The summed E-state index contributed by atoms with van der Waals surface area (Å²) in [5.74, 6) is 1.23. The molecule has 0 amide bonds. The smallest absolute Gasteiger partial charge is 0.336 e. The standard InChI is InChI=1S/C18H21N3O4/c1-3-4-5-8-18(17(23)24,15(2)13-22)21(20-10-9-19-14-20)12-16-7-6-11-25-16/h3,6-7,9-11,14H,1,4-5,8,12H2,2H3,(H,23,24). The summed E-state index contributed by atoms with van der Waals surface area (Å²) in [6.07, 6.45) is 9.32.